The number of aliphatic hydroxyl groups is 1. The van der Waals surface area contributed by atoms with Gasteiger partial charge in [-0.25, -0.2) is 4.79 Å². The van der Waals surface area contributed by atoms with Crippen molar-refractivity contribution >= 4 is 27.4 Å². The van der Waals surface area contributed by atoms with Gasteiger partial charge >= 0.3 is 5.97 Å². The molecule has 0 bridgehead atoms. The Morgan fingerprint density at radius 3 is 2.22 bits per heavy atom. The number of carboxylic acid groups (broad SMARTS) is 1. The molecule has 1 aromatic heterocycles. The maximum absolute atomic E-state index is 11.4. The number of hydrogen-bond donors (Lipinski definition) is 2. The molecule has 3 rings (SSSR count). The van der Waals surface area contributed by atoms with Gasteiger partial charge in [0.25, 0.3) is 0 Å². The first-order valence-electron chi connectivity index (χ1n) is 11.2. The van der Waals surface area contributed by atoms with Gasteiger partial charge in [0.15, 0.2) is 0 Å². The first-order valence-corrected chi connectivity index (χ1v) is 12.0. The molecule has 32 heavy (non-hydrogen) atoms. The Balaban J connectivity index is 1.96. The third kappa shape index (κ3) is 4.69. The average Bonchev–Trinajstić information content (AvgIpc) is 3.17. The van der Waals surface area contributed by atoms with Crippen LogP contribution in [0.4, 0.5) is 0 Å². The summed E-state index contributed by atoms with van der Waals surface area (Å²) in [5.41, 5.74) is 3.06. The van der Waals surface area contributed by atoms with Crippen LogP contribution >= 0.6 is 11.3 Å². The number of aromatic carboxylic acids is 1. The van der Waals surface area contributed by atoms with Gasteiger partial charge in [-0.05, 0) is 71.5 Å². The van der Waals surface area contributed by atoms with Crippen LogP contribution in [0.15, 0.2) is 42.5 Å². The molecule has 0 fully saturated rings. The van der Waals surface area contributed by atoms with E-state index in [1.807, 2.05) is 39.8 Å². The minimum atomic E-state index is -0.882. The molecule has 1 unspecified atom stereocenters. The van der Waals surface area contributed by atoms with Crippen molar-refractivity contribution in [3.63, 3.8) is 0 Å². The molecular formula is C27H34O4S. The SMILES string of the molecule is CCC(CC)(c1ccc(OCC(O)C(C)(C)C)c(C)c1)c1ccc2sc(C(=O)O)cc2c1. The standard InChI is InChI=1S/C27H34O4S/c1-7-27(8-2,20-10-12-22-18(14-20)15-23(32-22)25(29)30)19-9-11-21(17(3)13-19)31-16-24(28)26(4,5)6/h9-15,24,28H,7-8,16H2,1-6H3,(H,29,30). The number of benzene rings is 2. The molecule has 4 nitrogen and oxygen atoms in total. The number of ether oxygens (including phenoxy) is 1. The Bertz CT molecular complexity index is 1100. The Hall–Kier alpha value is -2.37. The highest BCUT2D eigenvalue weighted by Crippen LogP contribution is 2.42. The Labute approximate surface area is 194 Å². The molecule has 0 spiro atoms. The summed E-state index contributed by atoms with van der Waals surface area (Å²) in [6.45, 7) is 12.7. The maximum atomic E-state index is 11.4. The van der Waals surface area contributed by atoms with E-state index < -0.39 is 12.1 Å². The third-order valence-corrected chi connectivity index (χ3v) is 7.71. The highest BCUT2D eigenvalue weighted by atomic mass is 32.1. The minimum Gasteiger partial charge on any atom is -0.491 e. The lowest BCUT2D eigenvalue weighted by atomic mass is 9.70. The van der Waals surface area contributed by atoms with Gasteiger partial charge in [0.2, 0.25) is 0 Å². The normalized spacial score (nSPS) is 13.3. The van der Waals surface area contributed by atoms with Crippen molar-refractivity contribution in [2.45, 2.75) is 65.9 Å². The minimum absolute atomic E-state index is 0.173. The van der Waals surface area contributed by atoms with Crippen LogP contribution in [-0.2, 0) is 5.41 Å². The van der Waals surface area contributed by atoms with Crippen molar-refractivity contribution in [2.24, 2.45) is 5.41 Å². The smallest absolute Gasteiger partial charge is 0.345 e. The van der Waals surface area contributed by atoms with Gasteiger partial charge in [0.05, 0.1) is 6.10 Å². The molecule has 2 N–H and O–H groups in total. The van der Waals surface area contributed by atoms with Crippen LogP contribution in [0.25, 0.3) is 10.1 Å². The van der Waals surface area contributed by atoms with Crippen LogP contribution in [0.3, 0.4) is 0 Å². The molecule has 3 aromatic rings. The molecular weight excluding hydrogens is 420 g/mol. The molecule has 0 aliphatic heterocycles. The quantitative estimate of drug-likeness (QED) is 0.393. The van der Waals surface area contributed by atoms with Crippen molar-refractivity contribution in [3.8, 4) is 5.75 Å². The van der Waals surface area contributed by atoms with Gasteiger partial charge in [0, 0.05) is 10.1 Å². The number of carboxylic acids is 1. The third-order valence-electron chi connectivity index (χ3n) is 6.61. The molecule has 0 saturated carbocycles. The molecule has 1 atom stereocenters. The van der Waals surface area contributed by atoms with Crippen molar-refractivity contribution in [2.75, 3.05) is 6.61 Å². The first-order chi connectivity index (χ1) is 15.0. The van der Waals surface area contributed by atoms with E-state index in [2.05, 4.69) is 38.1 Å². The molecule has 172 valence electrons. The number of thiophene rings is 1. The van der Waals surface area contributed by atoms with Crippen LogP contribution in [0.1, 0.15) is 73.8 Å². The van der Waals surface area contributed by atoms with E-state index >= 15 is 0 Å². The molecule has 1 heterocycles. The summed E-state index contributed by atoms with van der Waals surface area (Å²) in [5, 5.41) is 20.6. The zero-order valence-electron chi connectivity index (χ0n) is 19.9. The Morgan fingerprint density at radius 1 is 1.03 bits per heavy atom. The van der Waals surface area contributed by atoms with E-state index in [9.17, 15) is 15.0 Å². The summed E-state index contributed by atoms with van der Waals surface area (Å²) in [6, 6.07) is 14.4. The highest BCUT2D eigenvalue weighted by molar-refractivity contribution is 7.20. The van der Waals surface area contributed by atoms with Gasteiger partial charge in [0.1, 0.15) is 17.2 Å². The fourth-order valence-electron chi connectivity index (χ4n) is 4.21. The van der Waals surface area contributed by atoms with E-state index in [-0.39, 0.29) is 17.4 Å². The number of rotatable bonds is 8. The number of aryl methyl sites for hydroxylation is 1. The average molecular weight is 455 g/mol. The van der Waals surface area contributed by atoms with Gasteiger partial charge < -0.3 is 14.9 Å². The highest BCUT2D eigenvalue weighted by Gasteiger charge is 2.32. The van der Waals surface area contributed by atoms with Crippen LogP contribution in [-0.4, -0.2) is 28.9 Å². The summed E-state index contributed by atoms with van der Waals surface area (Å²) in [7, 11) is 0. The van der Waals surface area contributed by atoms with E-state index in [0.29, 0.717) is 4.88 Å². The molecule has 5 heteroatoms. The van der Waals surface area contributed by atoms with E-state index in [4.69, 9.17) is 4.74 Å². The largest absolute Gasteiger partial charge is 0.491 e. The van der Waals surface area contributed by atoms with Crippen LogP contribution in [0, 0.1) is 12.3 Å². The summed E-state index contributed by atoms with van der Waals surface area (Å²) >= 11 is 1.31. The van der Waals surface area contributed by atoms with E-state index in [1.165, 1.54) is 22.5 Å². The molecule has 0 saturated heterocycles. The summed E-state index contributed by atoms with van der Waals surface area (Å²) in [5.74, 6) is -0.0923. The van der Waals surface area contributed by atoms with E-state index in [1.54, 1.807) is 6.07 Å². The van der Waals surface area contributed by atoms with Crippen LogP contribution in [0.5, 0.6) is 5.75 Å². The second kappa shape index (κ2) is 9.24. The lowest BCUT2D eigenvalue weighted by molar-refractivity contribution is 0.0216. The molecule has 0 amide bonds. The zero-order chi connectivity index (χ0) is 23.7. The Morgan fingerprint density at radius 2 is 1.66 bits per heavy atom. The van der Waals surface area contributed by atoms with Crippen molar-refractivity contribution in [3.05, 3.63) is 64.0 Å². The summed E-state index contributed by atoms with van der Waals surface area (Å²) in [4.78, 5) is 11.8. The van der Waals surface area contributed by atoms with Crippen molar-refractivity contribution in [1.82, 2.24) is 0 Å². The molecule has 0 radical (unpaired) electrons. The van der Waals surface area contributed by atoms with Gasteiger partial charge in [-0.15, -0.1) is 11.3 Å². The molecule has 0 aliphatic carbocycles. The number of fused-ring (bicyclic) bond motifs is 1. The van der Waals surface area contributed by atoms with Gasteiger partial charge in [-0.2, -0.15) is 0 Å². The van der Waals surface area contributed by atoms with Gasteiger partial charge in [-0.1, -0.05) is 52.8 Å². The van der Waals surface area contributed by atoms with Crippen molar-refractivity contribution in [1.29, 1.82) is 0 Å². The second-order valence-electron chi connectivity index (χ2n) is 9.63. The monoisotopic (exact) mass is 454 g/mol. The fraction of sp³-hybridized carbons (Fsp3) is 0.444. The van der Waals surface area contributed by atoms with E-state index in [0.717, 1.165) is 34.2 Å². The second-order valence-corrected chi connectivity index (χ2v) is 10.7. The van der Waals surface area contributed by atoms with Crippen molar-refractivity contribution < 1.29 is 19.7 Å². The number of hydrogen-bond acceptors (Lipinski definition) is 4. The fourth-order valence-corrected chi connectivity index (χ4v) is 5.09. The maximum Gasteiger partial charge on any atom is 0.345 e. The summed E-state index contributed by atoms with van der Waals surface area (Å²) in [6.07, 6.45) is 1.31. The van der Waals surface area contributed by atoms with Crippen LogP contribution < -0.4 is 4.74 Å². The first kappa shape index (κ1) is 24.3. The summed E-state index contributed by atoms with van der Waals surface area (Å²) < 4.78 is 6.93. The van der Waals surface area contributed by atoms with Crippen LogP contribution in [0.2, 0.25) is 0 Å². The topological polar surface area (TPSA) is 66.8 Å². The molecule has 2 aromatic carbocycles. The Kier molecular flexibility index (Phi) is 7.01. The predicted octanol–water partition coefficient (Wildman–Crippen LogP) is 6.80. The number of carbonyl (C=O) groups is 1. The predicted molar refractivity (Wildman–Crippen MR) is 132 cm³/mol. The zero-order valence-corrected chi connectivity index (χ0v) is 20.7. The lowest BCUT2D eigenvalue weighted by Crippen LogP contribution is -2.32. The number of aliphatic hydroxyl groups excluding tert-OH is 1. The molecule has 0 aliphatic rings. The lowest BCUT2D eigenvalue weighted by Gasteiger charge is -2.34. The van der Waals surface area contributed by atoms with Gasteiger partial charge in [-0.3, -0.25) is 0 Å².